The Morgan fingerprint density at radius 3 is 2.85 bits per heavy atom. The van der Waals surface area contributed by atoms with E-state index in [2.05, 4.69) is 10.4 Å². The highest BCUT2D eigenvalue weighted by Crippen LogP contribution is 2.26. The molecular formula is C18H27N4O4S+. The second-order valence-electron chi connectivity index (χ2n) is 7.32. The van der Waals surface area contributed by atoms with Crippen molar-refractivity contribution in [2.75, 3.05) is 25.1 Å². The number of aryl methyl sites for hydroxylation is 1. The number of nitrogens with one attached hydrogen (secondary N) is 2. The van der Waals surface area contributed by atoms with Crippen LogP contribution in [-0.4, -0.2) is 49.2 Å². The van der Waals surface area contributed by atoms with Gasteiger partial charge in [-0.25, -0.2) is 8.42 Å². The Morgan fingerprint density at radius 2 is 2.22 bits per heavy atom. The summed E-state index contributed by atoms with van der Waals surface area (Å²) in [4.78, 5) is 13.2. The standard InChI is InChI=1S/C18H26N4O4S/c1-13-17(14(2)22(20-13)15-6-8-27(24,25)12-15)10-21(3)11-18(23)19-9-16-5-4-7-26-16/h4-5,7,15H,6,8-12H2,1-3H3,(H,19,23)/p+1/t15-/m0/s1. The Bertz CT molecular complexity index is 902. The molecule has 0 spiro atoms. The normalized spacial score (nSPS) is 19.9. The fourth-order valence-electron chi connectivity index (χ4n) is 3.58. The summed E-state index contributed by atoms with van der Waals surface area (Å²) >= 11 is 0. The number of aromatic nitrogens is 2. The lowest BCUT2D eigenvalue weighted by Gasteiger charge is -2.15. The van der Waals surface area contributed by atoms with Gasteiger partial charge in [0.05, 0.1) is 48.7 Å². The Hall–Kier alpha value is -2.13. The molecule has 9 heteroatoms. The number of quaternary nitrogens is 1. The molecule has 0 bridgehead atoms. The predicted octanol–water partition coefficient (Wildman–Crippen LogP) is -0.216. The SMILES string of the molecule is Cc1nn([C@H]2CCS(=O)(=O)C2)c(C)c1C[NH+](C)CC(=O)NCc1ccco1. The van der Waals surface area contributed by atoms with Crippen LogP contribution >= 0.6 is 0 Å². The number of furan rings is 1. The molecule has 0 radical (unpaired) electrons. The van der Waals surface area contributed by atoms with Gasteiger partial charge in [0.15, 0.2) is 16.4 Å². The summed E-state index contributed by atoms with van der Waals surface area (Å²) in [5, 5.41) is 7.43. The summed E-state index contributed by atoms with van der Waals surface area (Å²) in [6, 6.07) is 3.53. The molecule has 1 unspecified atom stereocenters. The highest BCUT2D eigenvalue weighted by atomic mass is 32.2. The second kappa shape index (κ2) is 7.85. The van der Waals surface area contributed by atoms with Crippen LogP contribution < -0.4 is 10.2 Å². The van der Waals surface area contributed by atoms with Gasteiger partial charge in [-0.05, 0) is 32.4 Å². The van der Waals surface area contributed by atoms with E-state index in [1.165, 1.54) is 0 Å². The number of carbonyl (C=O) groups excluding carboxylic acids is 1. The van der Waals surface area contributed by atoms with Crippen LogP contribution in [0.2, 0.25) is 0 Å². The maximum Gasteiger partial charge on any atom is 0.275 e. The van der Waals surface area contributed by atoms with E-state index in [0.29, 0.717) is 26.1 Å². The van der Waals surface area contributed by atoms with Crippen LogP contribution in [0.3, 0.4) is 0 Å². The van der Waals surface area contributed by atoms with Crippen molar-refractivity contribution in [2.45, 2.75) is 39.4 Å². The van der Waals surface area contributed by atoms with Gasteiger partial charge in [0.25, 0.3) is 5.91 Å². The molecule has 2 aromatic rings. The lowest BCUT2D eigenvalue weighted by Crippen LogP contribution is -3.09. The number of nitrogens with zero attached hydrogens (tertiary/aromatic N) is 2. The van der Waals surface area contributed by atoms with E-state index in [1.807, 2.05) is 31.6 Å². The molecule has 1 amide bonds. The predicted molar refractivity (Wildman–Crippen MR) is 100 cm³/mol. The van der Waals surface area contributed by atoms with Crippen molar-refractivity contribution < 1.29 is 22.5 Å². The molecule has 1 aliphatic rings. The van der Waals surface area contributed by atoms with Crippen LogP contribution in [0, 0.1) is 13.8 Å². The van der Waals surface area contributed by atoms with Gasteiger partial charge in [0.1, 0.15) is 12.3 Å². The van der Waals surface area contributed by atoms with Crippen molar-refractivity contribution in [3.8, 4) is 0 Å². The third-order valence-corrected chi connectivity index (χ3v) is 6.76. The van der Waals surface area contributed by atoms with Crippen molar-refractivity contribution >= 4 is 15.7 Å². The highest BCUT2D eigenvalue weighted by Gasteiger charge is 2.31. The fourth-order valence-corrected chi connectivity index (χ4v) is 5.27. The van der Waals surface area contributed by atoms with Crippen molar-refractivity contribution in [2.24, 2.45) is 0 Å². The Kier molecular flexibility index (Phi) is 5.71. The summed E-state index contributed by atoms with van der Waals surface area (Å²) in [6.45, 7) is 5.29. The summed E-state index contributed by atoms with van der Waals surface area (Å²) in [5.74, 6) is 1.06. The molecule has 1 fully saturated rings. The molecule has 8 nitrogen and oxygen atoms in total. The first-order valence-corrected chi connectivity index (χ1v) is 10.9. The van der Waals surface area contributed by atoms with Gasteiger partial charge in [0.2, 0.25) is 0 Å². The third kappa shape index (κ3) is 4.78. The Balaban J connectivity index is 1.59. The average Bonchev–Trinajstić information content (AvgIpc) is 3.29. The summed E-state index contributed by atoms with van der Waals surface area (Å²) < 4.78 is 30.6. The van der Waals surface area contributed by atoms with Crippen LogP contribution in [0.5, 0.6) is 0 Å². The number of rotatable bonds is 7. The highest BCUT2D eigenvalue weighted by molar-refractivity contribution is 7.91. The van der Waals surface area contributed by atoms with E-state index in [9.17, 15) is 13.2 Å². The molecule has 2 aromatic heterocycles. The van der Waals surface area contributed by atoms with E-state index < -0.39 is 9.84 Å². The van der Waals surface area contributed by atoms with Crippen LogP contribution in [0.25, 0.3) is 0 Å². The smallest absolute Gasteiger partial charge is 0.275 e. The zero-order chi connectivity index (χ0) is 19.6. The molecule has 2 atom stereocenters. The lowest BCUT2D eigenvalue weighted by molar-refractivity contribution is -0.885. The summed E-state index contributed by atoms with van der Waals surface area (Å²) in [7, 11) is -0.994. The van der Waals surface area contributed by atoms with Crippen molar-refractivity contribution in [3.63, 3.8) is 0 Å². The minimum atomic E-state index is -2.95. The number of amides is 1. The van der Waals surface area contributed by atoms with Crippen LogP contribution in [-0.2, 0) is 27.7 Å². The zero-order valence-corrected chi connectivity index (χ0v) is 16.8. The molecule has 27 heavy (non-hydrogen) atoms. The van der Waals surface area contributed by atoms with Gasteiger partial charge in [-0.2, -0.15) is 5.10 Å². The lowest BCUT2D eigenvalue weighted by atomic mass is 10.1. The van der Waals surface area contributed by atoms with Gasteiger partial charge in [0, 0.05) is 5.69 Å². The number of carbonyl (C=O) groups is 1. The Labute approximate surface area is 159 Å². The third-order valence-electron chi connectivity index (χ3n) is 5.01. The van der Waals surface area contributed by atoms with Gasteiger partial charge < -0.3 is 14.6 Å². The van der Waals surface area contributed by atoms with Crippen LogP contribution in [0.4, 0.5) is 0 Å². The number of hydrogen-bond donors (Lipinski definition) is 2. The molecule has 0 aliphatic carbocycles. The van der Waals surface area contributed by atoms with Gasteiger partial charge in [-0.15, -0.1) is 0 Å². The maximum atomic E-state index is 12.1. The number of sulfone groups is 1. The van der Waals surface area contributed by atoms with Gasteiger partial charge in [-0.3, -0.25) is 9.48 Å². The minimum Gasteiger partial charge on any atom is -0.467 e. The monoisotopic (exact) mass is 395 g/mol. The molecule has 3 heterocycles. The zero-order valence-electron chi connectivity index (χ0n) is 16.0. The molecular weight excluding hydrogens is 368 g/mol. The molecule has 0 saturated carbocycles. The number of hydrogen-bond acceptors (Lipinski definition) is 5. The van der Waals surface area contributed by atoms with Gasteiger partial charge in [-0.1, -0.05) is 0 Å². The van der Waals surface area contributed by atoms with E-state index in [-0.39, 0.29) is 23.5 Å². The van der Waals surface area contributed by atoms with Crippen molar-refractivity contribution in [3.05, 3.63) is 41.1 Å². The first-order valence-electron chi connectivity index (χ1n) is 9.10. The quantitative estimate of drug-likeness (QED) is 0.676. The minimum absolute atomic E-state index is 0.0477. The Morgan fingerprint density at radius 1 is 1.44 bits per heavy atom. The molecule has 2 N–H and O–H groups in total. The first kappa shape index (κ1) is 19.6. The largest absolute Gasteiger partial charge is 0.467 e. The number of likely N-dealkylation sites (N-methyl/N-ethyl adjacent to an activating group) is 1. The van der Waals surface area contributed by atoms with E-state index in [0.717, 1.165) is 27.6 Å². The molecule has 1 saturated heterocycles. The maximum absolute atomic E-state index is 12.1. The van der Waals surface area contributed by atoms with Crippen molar-refractivity contribution in [1.82, 2.24) is 15.1 Å². The van der Waals surface area contributed by atoms with Crippen molar-refractivity contribution in [1.29, 1.82) is 0 Å². The second-order valence-corrected chi connectivity index (χ2v) is 9.55. The summed E-state index contributed by atoms with van der Waals surface area (Å²) in [6.07, 6.45) is 2.19. The first-order chi connectivity index (χ1) is 12.7. The molecule has 0 aromatic carbocycles. The van der Waals surface area contributed by atoms with Crippen LogP contribution in [0.15, 0.2) is 22.8 Å². The van der Waals surface area contributed by atoms with E-state index >= 15 is 0 Å². The molecule has 3 rings (SSSR count). The summed E-state index contributed by atoms with van der Waals surface area (Å²) in [5.41, 5.74) is 2.97. The van der Waals surface area contributed by atoms with Gasteiger partial charge >= 0.3 is 0 Å². The van der Waals surface area contributed by atoms with E-state index in [4.69, 9.17) is 4.42 Å². The molecule has 148 valence electrons. The average molecular weight is 396 g/mol. The fraction of sp³-hybridized carbons (Fsp3) is 0.556. The molecule has 1 aliphatic heterocycles. The van der Waals surface area contributed by atoms with E-state index in [1.54, 1.807) is 12.3 Å². The van der Waals surface area contributed by atoms with Crippen LogP contribution in [0.1, 0.15) is 35.2 Å². The topological polar surface area (TPSA) is 98.6 Å².